The number of aliphatic imine (C=N–C) groups is 1. The standard InChI is InChI=1S/C17H17NO4S/c1-12-3-9-15(10-4-12)23(19,20)17-16(22-11-18-17)13-5-7-14(21-2)8-6-13/h3-11,16-17H,1-2H3/t16-,17-/m1/s1. The van der Waals surface area contributed by atoms with Crippen molar-refractivity contribution in [2.45, 2.75) is 23.3 Å². The van der Waals surface area contributed by atoms with Gasteiger partial charge in [0, 0.05) is 0 Å². The molecule has 1 aliphatic heterocycles. The molecule has 0 N–H and O–H groups in total. The molecule has 23 heavy (non-hydrogen) atoms. The molecule has 0 fully saturated rings. The van der Waals surface area contributed by atoms with Gasteiger partial charge in [-0.15, -0.1) is 0 Å². The van der Waals surface area contributed by atoms with Gasteiger partial charge in [0.2, 0.25) is 9.84 Å². The molecule has 3 rings (SSSR count). The summed E-state index contributed by atoms with van der Waals surface area (Å²) in [5, 5.41) is -0.987. The van der Waals surface area contributed by atoms with E-state index in [0.29, 0.717) is 5.75 Å². The van der Waals surface area contributed by atoms with Crippen molar-refractivity contribution in [3.8, 4) is 5.75 Å². The third-order valence-corrected chi connectivity index (χ3v) is 5.72. The van der Waals surface area contributed by atoms with Crippen LogP contribution < -0.4 is 4.74 Å². The second kappa shape index (κ2) is 6.04. The molecule has 2 atom stereocenters. The summed E-state index contributed by atoms with van der Waals surface area (Å²) in [6.45, 7) is 1.91. The van der Waals surface area contributed by atoms with Gasteiger partial charge in [0.25, 0.3) is 0 Å². The zero-order valence-corrected chi connectivity index (χ0v) is 13.7. The van der Waals surface area contributed by atoms with Gasteiger partial charge in [-0.2, -0.15) is 0 Å². The predicted octanol–water partition coefficient (Wildman–Crippen LogP) is 2.90. The van der Waals surface area contributed by atoms with E-state index >= 15 is 0 Å². The lowest BCUT2D eigenvalue weighted by atomic mass is 10.1. The Morgan fingerprint density at radius 1 is 1.04 bits per heavy atom. The van der Waals surface area contributed by atoms with Crippen molar-refractivity contribution in [1.82, 2.24) is 0 Å². The number of hydrogen-bond acceptors (Lipinski definition) is 5. The predicted molar refractivity (Wildman–Crippen MR) is 87.5 cm³/mol. The topological polar surface area (TPSA) is 65.0 Å². The highest BCUT2D eigenvalue weighted by Crippen LogP contribution is 2.34. The van der Waals surface area contributed by atoms with Crippen molar-refractivity contribution in [1.29, 1.82) is 0 Å². The van der Waals surface area contributed by atoms with E-state index < -0.39 is 21.3 Å². The summed E-state index contributed by atoms with van der Waals surface area (Å²) in [6, 6.07) is 13.9. The van der Waals surface area contributed by atoms with Gasteiger partial charge in [-0.25, -0.2) is 13.4 Å². The van der Waals surface area contributed by atoms with Gasteiger partial charge in [0.1, 0.15) is 5.75 Å². The highest BCUT2D eigenvalue weighted by atomic mass is 32.2. The summed E-state index contributed by atoms with van der Waals surface area (Å²) in [4.78, 5) is 4.28. The molecule has 0 saturated carbocycles. The Kier molecular flexibility index (Phi) is 4.09. The minimum Gasteiger partial charge on any atom is -0.497 e. The second-order valence-electron chi connectivity index (χ2n) is 5.33. The van der Waals surface area contributed by atoms with Crippen LogP contribution in [0.25, 0.3) is 0 Å². The van der Waals surface area contributed by atoms with Crippen molar-refractivity contribution in [2.75, 3.05) is 7.11 Å². The van der Waals surface area contributed by atoms with E-state index in [2.05, 4.69) is 4.99 Å². The molecule has 120 valence electrons. The van der Waals surface area contributed by atoms with Crippen LogP contribution in [0.5, 0.6) is 5.75 Å². The first-order chi connectivity index (χ1) is 11.0. The van der Waals surface area contributed by atoms with Gasteiger partial charge < -0.3 is 9.47 Å². The summed E-state index contributed by atoms with van der Waals surface area (Å²) in [7, 11) is -2.04. The summed E-state index contributed by atoms with van der Waals surface area (Å²) in [5.74, 6) is 0.700. The molecule has 1 aliphatic rings. The average molecular weight is 331 g/mol. The van der Waals surface area contributed by atoms with Crippen LogP contribution in [0.4, 0.5) is 0 Å². The summed E-state index contributed by atoms with van der Waals surface area (Å²) >= 11 is 0. The first kappa shape index (κ1) is 15.6. The summed E-state index contributed by atoms with van der Waals surface area (Å²) in [5.41, 5.74) is 1.74. The molecule has 0 saturated heterocycles. The Morgan fingerprint density at radius 3 is 2.30 bits per heavy atom. The van der Waals surface area contributed by atoms with Crippen LogP contribution in [0.1, 0.15) is 17.2 Å². The summed E-state index contributed by atoms with van der Waals surface area (Å²) < 4.78 is 36.2. The highest BCUT2D eigenvalue weighted by molar-refractivity contribution is 7.92. The van der Waals surface area contributed by atoms with E-state index in [-0.39, 0.29) is 4.90 Å². The average Bonchev–Trinajstić information content (AvgIpc) is 3.06. The number of rotatable bonds is 4. The van der Waals surface area contributed by atoms with E-state index in [0.717, 1.165) is 11.1 Å². The Hall–Kier alpha value is -2.34. The Labute approximate surface area is 135 Å². The molecule has 0 aromatic heterocycles. The Morgan fingerprint density at radius 2 is 1.70 bits per heavy atom. The van der Waals surface area contributed by atoms with Crippen LogP contribution in [0, 0.1) is 6.92 Å². The molecule has 0 spiro atoms. The maximum absolute atomic E-state index is 12.8. The first-order valence-corrected chi connectivity index (χ1v) is 8.68. The van der Waals surface area contributed by atoms with Gasteiger partial charge in [-0.3, -0.25) is 0 Å². The van der Waals surface area contributed by atoms with E-state index in [1.807, 2.05) is 6.92 Å². The first-order valence-electron chi connectivity index (χ1n) is 7.14. The van der Waals surface area contributed by atoms with Gasteiger partial charge in [0.05, 0.1) is 12.0 Å². The molecule has 1 heterocycles. The lowest BCUT2D eigenvalue weighted by Crippen LogP contribution is -2.24. The fraction of sp³-hybridized carbons (Fsp3) is 0.235. The van der Waals surface area contributed by atoms with Gasteiger partial charge in [-0.05, 0) is 36.8 Å². The quantitative estimate of drug-likeness (QED) is 0.864. The monoisotopic (exact) mass is 331 g/mol. The Bertz CT molecular complexity index is 811. The number of hydrogen-bond donors (Lipinski definition) is 0. The van der Waals surface area contributed by atoms with Crippen LogP contribution in [0.2, 0.25) is 0 Å². The third-order valence-electron chi connectivity index (χ3n) is 3.79. The van der Waals surface area contributed by atoms with Crippen LogP contribution in [-0.2, 0) is 14.6 Å². The van der Waals surface area contributed by atoms with Crippen molar-refractivity contribution >= 4 is 16.2 Å². The molecule has 0 aliphatic carbocycles. The molecular formula is C17H17NO4S. The number of sulfone groups is 1. The zero-order valence-electron chi connectivity index (χ0n) is 12.8. The van der Waals surface area contributed by atoms with Gasteiger partial charge in [-0.1, -0.05) is 29.8 Å². The molecule has 6 heteroatoms. The van der Waals surface area contributed by atoms with Gasteiger partial charge in [0.15, 0.2) is 17.9 Å². The zero-order chi connectivity index (χ0) is 16.4. The molecule has 0 bridgehead atoms. The van der Waals surface area contributed by atoms with E-state index in [1.165, 1.54) is 6.40 Å². The number of benzene rings is 2. The maximum atomic E-state index is 12.8. The van der Waals surface area contributed by atoms with E-state index in [4.69, 9.17) is 9.47 Å². The van der Waals surface area contributed by atoms with Crippen molar-refractivity contribution < 1.29 is 17.9 Å². The number of methoxy groups -OCH3 is 1. The normalized spacial score (nSPS) is 20.3. The number of nitrogens with zero attached hydrogens (tertiary/aromatic N) is 1. The largest absolute Gasteiger partial charge is 0.497 e. The van der Waals surface area contributed by atoms with Gasteiger partial charge >= 0.3 is 0 Å². The van der Waals surface area contributed by atoms with Crippen LogP contribution in [0.3, 0.4) is 0 Å². The second-order valence-corrected chi connectivity index (χ2v) is 7.38. The minimum absolute atomic E-state index is 0.245. The third kappa shape index (κ3) is 2.94. The molecule has 2 aromatic carbocycles. The Balaban J connectivity index is 1.93. The smallest absolute Gasteiger partial charge is 0.205 e. The fourth-order valence-corrected chi connectivity index (χ4v) is 4.00. The van der Waals surface area contributed by atoms with Crippen molar-refractivity contribution in [3.63, 3.8) is 0 Å². The maximum Gasteiger partial charge on any atom is 0.205 e. The molecule has 2 aromatic rings. The van der Waals surface area contributed by atoms with Crippen LogP contribution >= 0.6 is 0 Å². The summed E-state index contributed by atoms with van der Waals surface area (Å²) in [6.07, 6.45) is 0.554. The molecule has 0 amide bonds. The van der Waals surface area contributed by atoms with E-state index in [1.54, 1.807) is 55.6 Å². The number of aryl methyl sites for hydroxylation is 1. The van der Waals surface area contributed by atoms with Crippen LogP contribution in [0.15, 0.2) is 58.4 Å². The van der Waals surface area contributed by atoms with E-state index in [9.17, 15) is 8.42 Å². The number of ether oxygens (including phenoxy) is 2. The van der Waals surface area contributed by atoms with Crippen molar-refractivity contribution in [2.24, 2.45) is 4.99 Å². The lowest BCUT2D eigenvalue weighted by Gasteiger charge is -2.18. The molecule has 5 nitrogen and oxygen atoms in total. The SMILES string of the molecule is COc1ccc([C@H]2OC=N[C@@H]2S(=O)(=O)c2ccc(C)cc2)cc1. The van der Waals surface area contributed by atoms with Crippen LogP contribution in [-0.4, -0.2) is 27.3 Å². The molecule has 0 radical (unpaired) electrons. The fourth-order valence-electron chi connectivity index (χ4n) is 2.45. The molecule has 0 unspecified atom stereocenters. The highest BCUT2D eigenvalue weighted by Gasteiger charge is 2.39. The lowest BCUT2D eigenvalue weighted by molar-refractivity contribution is 0.227. The minimum atomic E-state index is -3.62. The molecular weight excluding hydrogens is 314 g/mol. The van der Waals surface area contributed by atoms with Crippen molar-refractivity contribution in [3.05, 3.63) is 59.7 Å².